The molecule has 2 aromatic carbocycles. The number of aromatic nitrogens is 3. The first kappa shape index (κ1) is 28.5. The summed E-state index contributed by atoms with van der Waals surface area (Å²) in [6.45, 7) is 11.7. The Morgan fingerprint density at radius 3 is 2.41 bits per heavy atom. The van der Waals surface area contributed by atoms with Crippen LogP contribution in [0.15, 0.2) is 59.8 Å². The van der Waals surface area contributed by atoms with Crippen molar-refractivity contribution in [1.29, 1.82) is 0 Å². The van der Waals surface area contributed by atoms with Crippen LogP contribution in [0.1, 0.15) is 66.0 Å². The first-order valence-electron chi connectivity index (χ1n) is 14.5. The molecule has 0 amide bonds. The molecule has 0 bridgehead atoms. The zero-order chi connectivity index (χ0) is 28.9. The molecule has 0 spiro atoms. The van der Waals surface area contributed by atoms with Gasteiger partial charge in [0.15, 0.2) is 5.65 Å². The van der Waals surface area contributed by atoms with E-state index < -0.39 is 0 Å². The Morgan fingerprint density at radius 2 is 1.73 bits per heavy atom. The maximum Gasteiger partial charge on any atom is 0.309 e. The van der Waals surface area contributed by atoms with E-state index in [-0.39, 0.29) is 11.9 Å². The number of likely N-dealkylation sites (tertiary alicyclic amines) is 1. The van der Waals surface area contributed by atoms with Gasteiger partial charge in [-0.25, -0.2) is 9.97 Å². The molecular weight excluding hydrogens is 514 g/mol. The van der Waals surface area contributed by atoms with E-state index in [9.17, 15) is 10.0 Å². The van der Waals surface area contributed by atoms with Crippen molar-refractivity contribution in [3.05, 3.63) is 93.9 Å². The predicted octanol–water partition coefficient (Wildman–Crippen LogP) is 5.66. The number of fused-ring (bicyclic) bond motifs is 1. The Morgan fingerprint density at radius 1 is 0.976 bits per heavy atom. The number of piperidine rings is 1. The van der Waals surface area contributed by atoms with Crippen molar-refractivity contribution >= 4 is 22.8 Å². The first-order chi connectivity index (χ1) is 19.9. The molecule has 1 fully saturated rings. The summed E-state index contributed by atoms with van der Waals surface area (Å²) in [5, 5.41) is 13.7. The van der Waals surface area contributed by atoms with Gasteiger partial charge in [-0.1, -0.05) is 54.5 Å². The minimum absolute atomic E-state index is 0.0122. The summed E-state index contributed by atoms with van der Waals surface area (Å²) in [5.41, 5.74) is 8.47. The zero-order valence-electron chi connectivity index (χ0n) is 24.4. The molecule has 0 radical (unpaired) electrons. The summed E-state index contributed by atoms with van der Waals surface area (Å²) in [6, 6.07) is 18.4. The van der Waals surface area contributed by atoms with Crippen molar-refractivity contribution in [1.82, 2.24) is 19.4 Å². The van der Waals surface area contributed by atoms with Crippen molar-refractivity contribution in [2.24, 2.45) is 11.1 Å². The highest BCUT2D eigenvalue weighted by Crippen LogP contribution is 2.23. The Balaban J connectivity index is 1.29. The van der Waals surface area contributed by atoms with E-state index in [1.54, 1.807) is 0 Å². The Bertz CT molecular complexity index is 1550. The lowest BCUT2D eigenvalue weighted by atomic mass is 9.96. The van der Waals surface area contributed by atoms with Crippen LogP contribution < -0.4 is 0 Å². The number of nitrogens with zero attached hydrogens (tertiary/aromatic N) is 5. The van der Waals surface area contributed by atoms with Crippen molar-refractivity contribution in [2.75, 3.05) is 19.7 Å². The van der Waals surface area contributed by atoms with Crippen LogP contribution in [0, 0.1) is 19.8 Å². The summed E-state index contributed by atoms with van der Waals surface area (Å²) < 4.78 is 7.38. The minimum atomic E-state index is -0.0672. The third kappa shape index (κ3) is 6.33. The number of benzene rings is 2. The molecular formula is C33H39N5O3. The average Bonchev–Trinajstić information content (AvgIpc) is 3.32. The Hall–Kier alpha value is -4.04. The lowest BCUT2D eigenvalue weighted by Crippen LogP contribution is -2.36. The fourth-order valence-electron chi connectivity index (χ4n) is 5.78. The second kappa shape index (κ2) is 12.6. The lowest BCUT2D eigenvalue weighted by molar-refractivity contribution is -0.149. The smallest absolute Gasteiger partial charge is 0.309 e. The molecule has 0 aliphatic carbocycles. The van der Waals surface area contributed by atoms with Crippen LogP contribution in [0.25, 0.3) is 11.2 Å². The molecule has 4 aromatic rings. The zero-order valence-corrected chi connectivity index (χ0v) is 24.4. The third-order valence-electron chi connectivity index (χ3n) is 7.90. The molecule has 3 heterocycles. The third-order valence-corrected chi connectivity index (χ3v) is 7.90. The van der Waals surface area contributed by atoms with Gasteiger partial charge < -0.3 is 14.5 Å². The number of ether oxygens (including phenoxy) is 1. The molecule has 1 saturated heterocycles. The van der Waals surface area contributed by atoms with Crippen LogP contribution >= 0.6 is 0 Å². The number of esters is 1. The monoisotopic (exact) mass is 553 g/mol. The standard InChI is InChI=1S/C33H39N5O3/c1-5-29-35-30-22(3)18-23(4)34-32(30)38(29)21-25-8-7-9-28(19-25)31(36-40)26-12-10-24(11-13-26)20-37-16-14-27(15-17-37)33(39)41-6-2/h7-13,18-19,27,40H,5-6,14-17,20-21H2,1-4H3. The van der Waals surface area contributed by atoms with Crippen LogP contribution in [0.4, 0.5) is 0 Å². The van der Waals surface area contributed by atoms with Gasteiger partial charge in [0.25, 0.3) is 0 Å². The normalized spacial score (nSPS) is 15.0. The van der Waals surface area contributed by atoms with Crippen LogP contribution in [-0.2, 0) is 29.0 Å². The molecule has 5 rings (SSSR count). The second-order valence-corrected chi connectivity index (χ2v) is 10.9. The van der Waals surface area contributed by atoms with Crippen molar-refractivity contribution in [3.8, 4) is 0 Å². The summed E-state index contributed by atoms with van der Waals surface area (Å²) in [7, 11) is 0. The fourth-order valence-corrected chi connectivity index (χ4v) is 5.78. The predicted molar refractivity (Wildman–Crippen MR) is 160 cm³/mol. The highest BCUT2D eigenvalue weighted by molar-refractivity contribution is 6.12. The number of oxime groups is 1. The van der Waals surface area contributed by atoms with Crippen molar-refractivity contribution < 1.29 is 14.7 Å². The quantitative estimate of drug-likeness (QED) is 0.124. The molecule has 0 atom stereocenters. The summed E-state index contributed by atoms with van der Waals surface area (Å²) in [5.74, 6) is 0.948. The van der Waals surface area contributed by atoms with E-state index in [1.807, 2.05) is 38.1 Å². The molecule has 214 valence electrons. The van der Waals surface area contributed by atoms with Gasteiger partial charge in [-0.3, -0.25) is 9.69 Å². The Kier molecular flexibility index (Phi) is 8.78. The number of carbonyl (C=O) groups is 1. The fraction of sp³-hybridized carbons (Fsp3) is 0.394. The number of pyridine rings is 1. The topological polar surface area (TPSA) is 92.8 Å². The SMILES string of the molecule is CCOC(=O)C1CCN(Cc2ccc(C(=NO)c3cccc(Cn4c(CC)nc5c(C)cc(C)nc54)c3)cc2)CC1. The maximum atomic E-state index is 12.0. The van der Waals surface area contributed by atoms with Gasteiger partial charge in [0, 0.05) is 29.8 Å². The maximum absolute atomic E-state index is 12.0. The van der Waals surface area contributed by atoms with Gasteiger partial charge in [0.1, 0.15) is 17.1 Å². The molecule has 8 heteroatoms. The van der Waals surface area contributed by atoms with E-state index in [0.29, 0.717) is 18.9 Å². The second-order valence-electron chi connectivity index (χ2n) is 10.9. The average molecular weight is 554 g/mol. The minimum Gasteiger partial charge on any atom is -0.466 e. The van der Waals surface area contributed by atoms with Crippen molar-refractivity contribution in [3.63, 3.8) is 0 Å². The van der Waals surface area contributed by atoms with E-state index in [2.05, 4.69) is 58.8 Å². The van der Waals surface area contributed by atoms with E-state index in [1.165, 1.54) is 5.56 Å². The molecule has 0 saturated carbocycles. The molecule has 8 nitrogen and oxygen atoms in total. The van der Waals surface area contributed by atoms with Crippen LogP contribution in [0.5, 0.6) is 0 Å². The van der Waals surface area contributed by atoms with Crippen LogP contribution in [0.3, 0.4) is 0 Å². The number of hydrogen-bond acceptors (Lipinski definition) is 7. The van der Waals surface area contributed by atoms with Crippen LogP contribution in [0.2, 0.25) is 0 Å². The highest BCUT2D eigenvalue weighted by Gasteiger charge is 2.26. The number of rotatable bonds is 9. The number of hydrogen-bond donors (Lipinski definition) is 1. The van der Waals surface area contributed by atoms with E-state index in [4.69, 9.17) is 14.7 Å². The van der Waals surface area contributed by atoms with Gasteiger partial charge in [-0.15, -0.1) is 0 Å². The molecule has 2 aromatic heterocycles. The van der Waals surface area contributed by atoms with E-state index in [0.717, 1.165) is 83.8 Å². The van der Waals surface area contributed by atoms with Gasteiger partial charge in [0.05, 0.1) is 19.1 Å². The summed E-state index contributed by atoms with van der Waals surface area (Å²) >= 11 is 0. The molecule has 0 unspecified atom stereocenters. The molecule has 41 heavy (non-hydrogen) atoms. The lowest BCUT2D eigenvalue weighted by Gasteiger charge is -2.30. The van der Waals surface area contributed by atoms with Gasteiger partial charge in [-0.2, -0.15) is 0 Å². The van der Waals surface area contributed by atoms with Gasteiger partial charge >= 0.3 is 5.97 Å². The molecule has 1 N–H and O–H groups in total. The van der Waals surface area contributed by atoms with E-state index >= 15 is 0 Å². The van der Waals surface area contributed by atoms with Crippen LogP contribution in [-0.4, -0.2) is 56.0 Å². The first-order valence-corrected chi connectivity index (χ1v) is 14.5. The largest absolute Gasteiger partial charge is 0.466 e. The summed E-state index contributed by atoms with van der Waals surface area (Å²) in [6.07, 6.45) is 2.48. The van der Waals surface area contributed by atoms with Gasteiger partial charge in [-0.05, 0) is 75.5 Å². The number of carbonyl (C=O) groups excluding carboxylic acids is 1. The van der Waals surface area contributed by atoms with Crippen molar-refractivity contribution in [2.45, 2.75) is 60.0 Å². The molecule has 1 aliphatic heterocycles. The number of imidazole rings is 1. The molecule has 1 aliphatic rings. The Labute approximate surface area is 241 Å². The van der Waals surface area contributed by atoms with Gasteiger partial charge in [0.2, 0.25) is 0 Å². The highest BCUT2D eigenvalue weighted by atomic mass is 16.5. The summed E-state index contributed by atoms with van der Waals surface area (Å²) in [4.78, 5) is 24.1. The number of aryl methyl sites for hydroxylation is 3.